The molecule has 3 aromatic rings. The van der Waals surface area contributed by atoms with Gasteiger partial charge in [-0.05, 0) is 24.8 Å². The molecule has 3 heterocycles. The number of halogens is 7. The molecule has 1 saturated heterocycles. The van der Waals surface area contributed by atoms with Crippen molar-refractivity contribution < 1.29 is 35.5 Å². The van der Waals surface area contributed by atoms with Crippen molar-refractivity contribution in [2.24, 2.45) is 5.92 Å². The molecule has 1 amide bonds. The van der Waals surface area contributed by atoms with Gasteiger partial charge in [-0.15, -0.1) is 0 Å². The minimum Gasteiger partial charge on any atom is -0.352 e. The third-order valence-corrected chi connectivity index (χ3v) is 6.53. The molecule has 1 saturated carbocycles. The third kappa shape index (κ3) is 4.79. The van der Waals surface area contributed by atoms with Crippen LogP contribution < -0.4 is 21.0 Å². The summed E-state index contributed by atoms with van der Waals surface area (Å²) in [5.74, 6) is -7.71. The number of aromatic nitrogens is 2. The number of nitrogens with one attached hydrogen (secondary N) is 2. The number of rotatable bonds is 5. The molecule has 2 aromatic heterocycles. The van der Waals surface area contributed by atoms with Crippen molar-refractivity contribution in [3.63, 3.8) is 0 Å². The van der Waals surface area contributed by atoms with Crippen LogP contribution in [0, 0.1) is 29.2 Å². The lowest BCUT2D eigenvalue weighted by Gasteiger charge is -2.29. The van der Waals surface area contributed by atoms with Crippen LogP contribution in [0.2, 0.25) is 0 Å². The first-order chi connectivity index (χ1) is 18.0. The number of pyridine rings is 2. The lowest BCUT2D eigenvalue weighted by Crippen LogP contribution is -2.48. The normalized spacial score (nSPS) is 17.1. The van der Waals surface area contributed by atoms with Crippen LogP contribution >= 0.6 is 0 Å². The van der Waals surface area contributed by atoms with Gasteiger partial charge in [-0.2, -0.15) is 13.2 Å². The van der Waals surface area contributed by atoms with Crippen LogP contribution in [0.4, 0.5) is 36.6 Å². The summed E-state index contributed by atoms with van der Waals surface area (Å²) < 4.78 is 99.5. The lowest BCUT2D eigenvalue weighted by atomic mass is 10.1. The molecule has 0 spiro atoms. The topological polar surface area (TPSA) is 79.3 Å². The predicted molar refractivity (Wildman–Crippen MR) is 122 cm³/mol. The zero-order chi connectivity index (χ0) is 27.4. The van der Waals surface area contributed by atoms with Crippen LogP contribution in [0.5, 0.6) is 0 Å². The number of carbonyl (C=O) groups excluding carboxylic acids is 1. The average molecular weight is 543 g/mol. The Kier molecular flexibility index (Phi) is 6.53. The summed E-state index contributed by atoms with van der Waals surface area (Å²) in [6.07, 6.45) is -3.76. The minimum atomic E-state index is -4.81. The highest BCUT2D eigenvalue weighted by atomic mass is 19.4. The molecule has 202 valence electrons. The SMILES string of the molecule is O=C(N[C@@H](C1CC1)C(F)(F)F)c1cn(-c2c(F)cc(F)cc2F)c2nc(N3CCNCC3)c(F)cc2c1=O. The van der Waals surface area contributed by atoms with E-state index < -0.39 is 75.0 Å². The van der Waals surface area contributed by atoms with Crippen LogP contribution in [0.1, 0.15) is 23.2 Å². The smallest absolute Gasteiger partial charge is 0.352 e. The summed E-state index contributed by atoms with van der Waals surface area (Å²) >= 11 is 0. The van der Waals surface area contributed by atoms with Crippen molar-refractivity contribution in [3.8, 4) is 5.69 Å². The molecular formula is C24H20F7N5O2. The van der Waals surface area contributed by atoms with Gasteiger partial charge in [0.05, 0.1) is 5.39 Å². The minimum absolute atomic E-state index is 0.211. The van der Waals surface area contributed by atoms with E-state index in [2.05, 4.69) is 10.3 Å². The largest absolute Gasteiger partial charge is 0.408 e. The average Bonchev–Trinajstić information content (AvgIpc) is 3.68. The van der Waals surface area contributed by atoms with Gasteiger partial charge < -0.3 is 15.5 Å². The molecule has 0 unspecified atom stereocenters. The number of hydrogen-bond donors (Lipinski definition) is 2. The third-order valence-electron chi connectivity index (χ3n) is 6.53. The van der Waals surface area contributed by atoms with Crippen LogP contribution in [0.3, 0.4) is 0 Å². The molecule has 7 nitrogen and oxygen atoms in total. The van der Waals surface area contributed by atoms with E-state index in [1.54, 1.807) is 5.32 Å². The highest BCUT2D eigenvalue weighted by molar-refractivity contribution is 5.97. The number of benzene rings is 1. The Morgan fingerprint density at radius 3 is 2.24 bits per heavy atom. The second-order valence-corrected chi connectivity index (χ2v) is 9.19. The summed E-state index contributed by atoms with van der Waals surface area (Å²) in [4.78, 5) is 31.8. The van der Waals surface area contributed by atoms with Crippen LogP contribution in [-0.4, -0.2) is 53.9 Å². The summed E-state index contributed by atoms with van der Waals surface area (Å²) in [5, 5.41) is 4.24. The Bertz CT molecular complexity index is 1460. The number of anilines is 1. The molecule has 14 heteroatoms. The van der Waals surface area contributed by atoms with E-state index >= 15 is 4.39 Å². The molecule has 1 atom stereocenters. The van der Waals surface area contributed by atoms with Gasteiger partial charge in [-0.1, -0.05) is 0 Å². The number of alkyl halides is 3. The van der Waals surface area contributed by atoms with Crippen molar-refractivity contribution in [3.05, 3.63) is 63.5 Å². The summed E-state index contributed by atoms with van der Waals surface area (Å²) in [7, 11) is 0. The number of carbonyl (C=O) groups is 1. The van der Waals surface area contributed by atoms with Crippen LogP contribution in [0.15, 0.2) is 29.2 Å². The first-order valence-corrected chi connectivity index (χ1v) is 11.7. The van der Waals surface area contributed by atoms with Crippen molar-refractivity contribution in [2.75, 3.05) is 31.1 Å². The standard InChI is InChI=1S/C24H20F7N5O2/c25-12-7-15(26)18(16(27)8-12)36-10-14(23(38)33-20(11-1-2-11)24(29,30)31)19(37)13-9-17(28)22(34-21(13)36)35-5-3-32-4-6-35/h7-11,20,32H,1-6H2,(H,33,38)/t20-/m0/s1. The quantitative estimate of drug-likeness (QED) is 0.483. The summed E-state index contributed by atoms with van der Waals surface area (Å²) in [5.41, 5.74) is -3.54. The highest BCUT2D eigenvalue weighted by Crippen LogP contribution is 2.40. The van der Waals surface area contributed by atoms with Crippen LogP contribution in [0.25, 0.3) is 16.7 Å². The molecule has 1 aliphatic carbocycles. The first-order valence-electron chi connectivity index (χ1n) is 11.7. The zero-order valence-corrected chi connectivity index (χ0v) is 19.5. The molecular weight excluding hydrogens is 523 g/mol. The summed E-state index contributed by atoms with van der Waals surface area (Å²) in [6, 6.07) is -0.843. The second-order valence-electron chi connectivity index (χ2n) is 9.19. The molecule has 1 aliphatic heterocycles. The molecule has 5 rings (SSSR count). The van der Waals surface area contributed by atoms with E-state index in [4.69, 9.17) is 0 Å². The van der Waals surface area contributed by atoms with Gasteiger partial charge in [-0.3, -0.25) is 14.2 Å². The monoisotopic (exact) mass is 543 g/mol. The number of hydrogen-bond acceptors (Lipinski definition) is 5. The predicted octanol–water partition coefficient (Wildman–Crippen LogP) is 3.42. The lowest BCUT2D eigenvalue weighted by molar-refractivity contribution is -0.158. The number of amides is 1. The van der Waals surface area contributed by atoms with Crippen molar-refractivity contribution >= 4 is 22.8 Å². The fourth-order valence-corrected chi connectivity index (χ4v) is 4.53. The molecule has 1 aromatic carbocycles. The Labute approximate surface area is 210 Å². The van der Waals surface area contributed by atoms with Gasteiger partial charge in [0.2, 0.25) is 5.43 Å². The molecule has 2 N–H and O–H groups in total. The summed E-state index contributed by atoms with van der Waals surface area (Å²) in [6.45, 7) is 1.60. The zero-order valence-electron chi connectivity index (χ0n) is 19.5. The van der Waals surface area contributed by atoms with Gasteiger partial charge in [0.15, 0.2) is 28.9 Å². The van der Waals surface area contributed by atoms with Gasteiger partial charge >= 0.3 is 6.18 Å². The first kappa shape index (κ1) is 25.9. The highest BCUT2D eigenvalue weighted by Gasteiger charge is 2.50. The van der Waals surface area contributed by atoms with E-state index in [-0.39, 0.29) is 18.7 Å². The van der Waals surface area contributed by atoms with E-state index in [1.807, 2.05) is 0 Å². The van der Waals surface area contributed by atoms with Gasteiger partial charge in [-0.25, -0.2) is 22.5 Å². The maximum atomic E-state index is 15.1. The fourth-order valence-electron chi connectivity index (χ4n) is 4.53. The maximum absolute atomic E-state index is 15.1. The van der Waals surface area contributed by atoms with Gasteiger partial charge in [0.25, 0.3) is 5.91 Å². The Hall–Kier alpha value is -3.68. The van der Waals surface area contributed by atoms with Crippen molar-refractivity contribution in [2.45, 2.75) is 25.1 Å². The van der Waals surface area contributed by atoms with E-state index in [0.717, 1.165) is 6.07 Å². The second kappa shape index (κ2) is 9.57. The Balaban J connectivity index is 1.72. The molecule has 2 aliphatic rings. The molecule has 0 radical (unpaired) electrons. The molecule has 38 heavy (non-hydrogen) atoms. The van der Waals surface area contributed by atoms with Crippen molar-refractivity contribution in [1.29, 1.82) is 0 Å². The number of fused-ring (bicyclic) bond motifs is 1. The van der Waals surface area contributed by atoms with Gasteiger partial charge in [0.1, 0.15) is 23.1 Å². The fraction of sp³-hybridized carbons (Fsp3) is 0.375. The molecule has 2 fully saturated rings. The maximum Gasteiger partial charge on any atom is 0.408 e. The van der Waals surface area contributed by atoms with Gasteiger partial charge in [0, 0.05) is 44.5 Å². The number of piperazine rings is 1. The molecule has 0 bridgehead atoms. The Morgan fingerprint density at radius 1 is 1.03 bits per heavy atom. The van der Waals surface area contributed by atoms with E-state index in [9.17, 15) is 35.9 Å². The van der Waals surface area contributed by atoms with E-state index in [1.165, 1.54) is 4.90 Å². The van der Waals surface area contributed by atoms with E-state index in [0.29, 0.717) is 49.1 Å². The van der Waals surface area contributed by atoms with Crippen LogP contribution in [-0.2, 0) is 0 Å². The number of nitrogens with zero attached hydrogens (tertiary/aromatic N) is 3. The van der Waals surface area contributed by atoms with Crippen molar-refractivity contribution in [1.82, 2.24) is 20.2 Å². The Morgan fingerprint density at radius 2 is 1.66 bits per heavy atom.